The molecule has 0 saturated carbocycles. The van der Waals surface area contributed by atoms with Crippen molar-refractivity contribution in [1.29, 1.82) is 5.26 Å². The van der Waals surface area contributed by atoms with Gasteiger partial charge in [-0.3, -0.25) is 4.99 Å². The van der Waals surface area contributed by atoms with Gasteiger partial charge in [-0.1, -0.05) is 12.1 Å². The summed E-state index contributed by atoms with van der Waals surface area (Å²) in [6.45, 7) is 0.640. The van der Waals surface area contributed by atoms with Crippen molar-refractivity contribution in [1.82, 2.24) is 15.3 Å². The molecule has 0 radical (unpaired) electrons. The highest BCUT2D eigenvalue weighted by Gasteiger charge is 2.07. The fourth-order valence-corrected chi connectivity index (χ4v) is 2.15. The number of nitriles is 1. The molecule has 0 saturated heterocycles. The van der Waals surface area contributed by atoms with Gasteiger partial charge in [0.1, 0.15) is 0 Å². The van der Waals surface area contributed by atoms with Gasteiger partial charge in [-0.25, -0.2) is 9.97 Å². The van der Waals surface area contributed by atoms with Gasteiger partial charge in [0.05, 0.1) is 23.0 Å². The smallest absolute Gasteiger partial charge is 0.227 e. The topological polar surface area (TPSA) is 112 Å². The number of anilines is 1. The molecule has 0 fully saturated rings. The predicted octanol–water partition coefficient (Wildman–Crippen LogP) is 1.65. The molecule has 0 aliphatic heterocycles. The van der Waals surface area contributed by atoms with Crippen LogP contribution in [0.4, 0.5) is 5.95 Å². The molecular weight excluding hydrogens is 302 g/mol. The number of nitrogens with two attached hydrogens (primary N) is 1. The molecule has 1 heterocycles. The molecule has 1 aromatic heterocycles. The van der Waals surface area contributed by atoms with E-state index >= 15 is 0 Å². The van der Waals surface area contributed by atoms with Crippen LogP contribution >= 0.6 is 0 Å². The Bertz CT molecular complexity index is 803. The molecule has 2 aromatic rings. The highest BCUT2D eigenvalue weighted by molar-refractivity contribution is 5.82. The summed E-state index contributed by atoms with van der Waals surface area (Å²) >= 11 is 0. The Morgan fingerprint density at radius 3 is 2.92 bits per heavy atom. The number of rotatable bonds is 6. The molecule has 24 heavy (non-hydrogen) atoms. The third-order valence-corrected chi connectivity index (χ3v) is 3.25. The van der Waals surface area contributed by atoms with Crippen LogP contribution in [-0.4, -0.2) is 30.3 Å². The van der Waals surface area contributed by atoms with Crippen molar-refractivity contribution in [2.45, 2.75) is 6.54 Å². The van der Waals surface area contributed by atoms with Gasteiger partial charge in [0.15, 0.2) is 0 Å². The van der Waals surface area contributed by atoms with E-state index in [9.17, 15) is 5.26 Å². The minimum atomic E-state index is 0.405. The standard InChI is InChI=1S/C17H19N7/c1-20-10-13-4-3-12(7-14(13)8-18)16-5-6-22-17(24-16)23-15(9-19)11-21-2/h3-7,9,11,20H,10,19H2,1-2H3,(H,22,23,24). The highest BCUT2D eigenvalue weighted by Crippen LogP contribution is 2.21. The van der Waals surface area contributed by atoms with Crippen LogP contribution in [0.3, 0.4) is 0 Å². The number of hydrogen-bond acceptors (Lipinski definition) is 7. The summed E-state index contributed by atoms with van der Waals surface area (Å²) in [6.07, 6.45) is 4.62. The van der Waals surface area contributed by atoms with Gasteiger partial charge in [0, 0.05) is 37.8 Å². The monoisotopic (exact) mass is 321 g/mol. The fourth-order valence-electron chi connectivity index (χ4n) is 2.15. The van der Waals surface area contributed by atoms with Crippen LogP contribution in [0.5, 0.6) is 0 Å². The van der Waals surface area contributed by atoms with E-state index in [-0.39, 0.29) is 0 Å². The lowest BCUT2D eigenvalue weighted by molar-refractivity contribution is 0.816. The van der Waals surface area contributed by atoms with E-state index < -0.39 is 0 Å². The first-order valence-electron chi connectivity index (χ1n) is 7.34. The van der Waals surface area contributed by atoms with Crippen molar-refractivity contribution in [2.24, 2.45) is 10.7 Å². The summed E-state index contributed by atoms with van der Waals surface area (Å²) in [7, 11) is 3.50. The molecule has 1 aromatic carbocycles. The lowest BCUT2D eigenvalue weighted by atomic mass is 10.0. The first-order valence-corrected chi connectivity index (χ1v) is 7.34. The Kier molecular flexibility index (Phi) is 6.00. The van der Waals surface area contributed by atoms with E-state index in [0.717, 1.165) is 11.1 Å². The van der Waals surface area contributed by atoms with Crippen molar-refractivity contribution in [3.63, 3.8) is 0 Å². The fraction of sp³-hybridized carbons (Fsp3) is 0.176. The minimum Gasteiger partial charge on any atom is -0.403 e. The van der Waals surface area contributed by atoms with Crippen molar-refractivity contribution in [3.05, 3.63) is 53.5 Å². The maximum absolute atomic E-state index is 9.32. The van der Waals surface area contributed by atoms with Gasteiger partial charge in [-0.15, -0.1) is 0 Å². The largest absolute Gasteiger partial charge is 0.403 e. The molecule has 0 aliphatic carbocycles. The average molecular weight is 321 g/mol. The van der Waals surface area contributed by atoms with Gasteiger partial charge in [0.2, 0.25) is 5.95 Å². The normalized spacial score (nSPS) is 11.5. The number of nitrogens with zero attached hydrogens (tertiary/aromatic N) is 4. The molecule has 7 heteroatoms. The summed E-state index contributed by atoms with van der Waals surface area (Å²) in [5.74, 6) is 0.405. The SMILES string of the molecule is CN=CC(=CN)Nc1nccc(-c2ccc(CNC)c(C#N)c2)n1. The lowest BCUT2D eigenvalue weighted by Crippen LogP contribution is -2.08. The molecule has 2 rings (SSSR count). The Morgan fingerprint density at radius 2 is 2.25 bits per heavy atom. The highest BCUT2D eigenvalue weighted by atomic mass is 15.1. The van der Waals surface area contributed by atoms with Crippen molar-refractivity contribution in [2.75, 3.05) is 19.4 Å². The molecule has 0 atom stereocenters. The molecule has 0 bridgehead atoms. The van der Waals surface area contributed by atoms with Crippen LogP contribution in [0.15, 0.2) is 47.4 Å². The second-order valence-electron chi connectivity index (χ2n) is 4.91. The molecule has 4 N–H and O–H groups in total. The van der Waals surface area contributed by atoms with E-state index in [1.165, 1.54) is 6.20 Å². The summed E-state index contributed by atoms with van der Waals surface area (Å²) in [5, 5.41) is 15.4. The van der Waals surface area contributed by atoms with Crippen LogP contribution in [0.25, 0.3) is 11.3 Å². The van der Waals surface area contributed by atoms with Crippen LogP contribution < -0.4 is 16.4 Å². The summed E-state index contributed by atoms with van der Waals surface area (Å²) in [6, 6.07) is 9.70. The van der Waals surface area contributed by atoms with E-state index in [1.807, 2.05) is 25.2 Å². The summed E-state index contributed by atoms with van der Waals surface area (Å²) < 4.78 is 0. The Morgan fingerprint density at radius 1 is 1.42 bits per heavy atom. The molecule has 122 valence electrons. The van der Waals surface area contributed by atoms with Crippen molar-refractivity contribution in [3.8, 4) is 17.3 Å². The molecule has 0 aliphatic rings. The minimum absolute atomic E-state index is 0.405. The van der Waals surface area contributed by atoms with Crippen molar-refractivity contribution < 1.29 is 0 Å². The van der Waals surface area contributed by atoms with Gasteiger partial charge in [-0.05, 0) is 24.7 Å². The average Bonchev–Trinajstić information content (AvgIpc) is 2.62. The Labute approximate surface area is 141 Å². The number of nitrogens with one attached hydrogen (secondary N) is 2. The summed E-state index contributed by atoms with van der Waals surface area (Å²) in [4.78, 5) is 12.5. The first-order chi connectivity index (χ1) is 11.7. The number of benzene rings is 1. The van der Waals surface area contributed by atoms with E-state index in [2.05, 4.69) is 31.7 Å². The number of aromatic nitrogens is 2. The van der Waals surface area contributed by atoms with Gasteiger partial charge >= 0.3 is 0 Å². The maximum atomic E-state index is 9.32. The third-order valence-electron chi connectivity index (χ3n) is 3.25. The Balaban J connectivity index is 2.33. The zero-order chi connectivity index (χ0) is 17.4. The van der Waals surface area contributed by atoms with Gasteiger partial charge in [0.25, 0.3) is 0 Å². The maximum Gasteiger partial charge on any atom is 0.227 e. The van der Waals surface area contributed by atoms with E-state index in [1.54, 1.807) is 25.5 Å². The number of hydrogen-bond donors (Lipinski definition) is 3. The van der Waals surface area contributed by atoms with Crippen molar-refractivity contribution >= 4 is 12.2 Å². The molecule has 0 unspecified atom stereocenters. The molecule has 7 nitrogen and oxygen atoms in total. The zero-order valence-corrected chi connectivity index (χ0v) is 13.6. The van der Waals surface area contributed by atoms with Crippen LogP contribution in [-0.2, 0) is 6.54 Å². The molecule has 0 spiro atoms. The van der Waals surface area contributed by atoms with Gasteiger partial charge in [-0.2, -0.15) is 5.26 Å². The first kappa shape index (κ1) is 17.1. The second kappa shape index (κ2) is 8.41. The van der Waals surface area contributed by atoms with Crippen LogP contribution in [0, 0.1) is 11.3 Å². The quantitative estimate of drug-likeness (QED) is 0.697. The predicted molar refractivity (Wildman–Crippen MR) is 95.3 cm³/mol. The molecular formula is C17H19N7. The van der Waals surface area contributed by atoms with Crippen LogP contribution in [0.2, 0.25) is 0 Å². The number of allylic oxidation sites excluding steroid dienone is 1. The lowest BCUT2D eigenvalue weighted by Gasteiger charge is -2.08. The molecule has 0 amide bonds. The second-order valence-corrected chi connectivity index (χ2v) is 4.91. The van der Waals surface area contributed by atoms with Crippen LogP contribution in [0.1, 0.15) is 11.1 Å². The number of aliphatic imine (C=N–C) groups is 1. The zero-order valence-electron chi connectivity index (χ0n) is 13.6. The Hall–Kier alpha value is -3.24. The third kappa shape index (κ3) is 4.15. The van der Waals surface area contributed by atoms with E-state index in [0.29, 0.717) is 29.4 Å². The summed E-state index contributed by atoms with van der Waals surface area (Å²) in [5.41, 5.74) is 9.25. The van der Waals surface area contributed by atoms with Gasteiger partial charge < -0.3 is 16.4 Å². The van der Waals surface area contributed by atoms with E-state index in [4.69, 9.17) is 5.73 Å².